The van der Waals surface area contributed by atoms with E-state index in [1.54, 1.807) is 19.2 Å². The average molecular weight is 577 g/mol. The Morgan fingerprint density at radius 1 is 1.02 bits per heavy atom. The number of hydrogen-bond acceptors (Lipinski definition) is 8. The van der Waals surface area contributed by atoms with Crippen LogP contribution < -0.4 is 19.9 Å². The van der Waals surface area contributed by atoms with E-state index >= 15 is 0 Å². The lowest BCUT2D eigenvalue weighted by Crippen LogP contribution is -2.52. The number of pyridine rings is 1. The van der Waals surface area contributed by atoms with Crippen LogP contribution >= 0.6 is 0 Å². The van der Waals surface area contributed by atoms with Gasteiger partial charge < -0.3 is 29.9 Å². The van der Waals surface area contributed by atoms with Gasteiger partial charge in [-0.15, -0.1) is 6.42 Å². The van der Waals surface area contributed by atoms with Crippen LogP contribution in [0.25, 0.3) is 10.8 Å². The Kier molecular flexibility index (Phi) is 7.51. The topological polar surface area (TPSA) is 87.9 Å². The van der Waals surface area contributed by atoms with Gasteiger partial charge in [0, 0.05) is 78.1 Å². The van der Waals surface area contributed by atoms with Crippen LogP contribution in [0, 0.1) is 23.7 Å². The molecule has 8 rings (SSSR count). The number of ether oxygens (including phenoxy) is 1. The highest BCUT2D eigenvalue weighted by Crippen LogP contribution is 2.40. The number of terminal acetylenes is 1. The third-order valence-electron chi connectivity index (χ3n) is 10.1. The van der Waals surface area contributed by atoms with Crippen molar-refractivity contribution < 1.29 is 9.84 Å². The number of rotatable bonds is 3. The van der Waals surface area contributed by atoms with E-state index in [4.69, 9.17) is 16.1 Å². The predicted molar refractivity (Wildman–Crippen MR) is 170 cm³/mol. The van der Waals surface area contributed by atoms with Gasteiger partial charge in [0.25, 0.3) is 0 Å². The van der Waals surface area contributed by atoms with Gasteiger partial charge in [-0.05, 0) is 75.6 Å². The molecule has 0 aliphatic carbocycles. The number of nitriles is 1. The van der Waals surface area contributed by atoms with Gasteiger partial charge in [-0.1, -0.05) is 18.1 Å². The molecule has 5 aliphatic rings. The molecule has 2 bridgehead atoms. The SMILES string of the molecule is C#Cc1cccc2cc(O)cc(N3CCc4c(N5CC6CCC(C5)N6)nc(OC)c(C#N)c4C3)c12.C1CC2CCCN2C1. The predicted octanol–water partition coefficient (Wildman–Crippen LogP) is 4.55. The number of nitrogens with one attached hydrogen (secondary N) is 1. The molecule has 6 heterocycles. The second kappa shape index (κ2) is 11.6. The summed E-state index contributed by atoms with van der Waals surface area (Å²) >= 11 is 0. The molecular formula is C35H40N6O2. The first-order valence-electron chi connectivity index (χ1n) is 15.8. The minimum absolute atomic E-state index is 0.192. The molecule has 8 nitrogen and oxygen atoms in total. The van der Waals surface area contributed by atoms with Crippen LogP contribution in [-0.2, 0) is 13.0 Å². The van der Waals surface area contributed by atoms with Crippen LogP contribution in [0.1, 0.15) is 60.8 Å². The van der Waals surface area contributed by atoms with Crippen molar-refractivity contribution in [2.45, 2.75) is 69.6 Å². The molecule has 8 heteroatoms. The molecule has 3 aromatic rings. The minimum Gasteiger partial charge on any atom is -0.508 e. The molecule has 0 amide bonds. The quantitative estimate of drug-likeness (QED) is 0.440. The largest absolute Gasteiger partial charge is 0.508 e. The van der Waals surface area contributed by atoms with E-state index in [0.29, 0.717) is 30.1 Å². The Bertz CT molecular complexity index is 1590. The Morgan fingerprint density at radius 2 is 1.79 bits per heavy atom. The van der Waals surface area contributed by atoms with Crippen molar-refractivity contribution in [3.63, 3.8) is 0 Å². The maximum atomic E-state index is 10.5. The lowest BCUT2D eigenvalue weighted by atomic mass is 9.94. The van der Waals surface area contributed by atoms with E-state index in [2.05, 4.69) is 32.0 Å². The fourth-order valence-electron chi connectivity index (χ4n) is 8.09. The van der Waals surface area contributed by atoms with E-state index in [0.717, 1.165) is 71.1 Å². The fourth-order valence-corrected chi connectivity index (χ4v) is 8.09. The summed E-state index contributed by atoms with van der Waals surface area (Å²) in [5.74, 6) is 4.30. The molecule has 2 atom stereocenters. The Labute approximate surface area is 254 Å². The van der Waals surface area contributed by atoms with Crippen molar-refractivity contribution in [3.8, 4) is 30.0 Å². The first-order valence-corrected chi connectivity index (χ1v) is 15.8. The molecule has 2 aromatic carbocycles. The van der Waals surface area contributed by atoms with Gasteiger partial charge in [0.1, 0.15) is 23.2 Å². The van der Waals surface area contributed by atoms with Crippen molar-refractivity contribution in [3.05, 3.63) is 52.6 Å². The highest BCUT2D eigenvalue weighted by Gasteiger charge is 2.36. The van der Waals surface area contributed by atoms with Crippen LogP contribution in [0.15, 0.2) is 30.3 Å². The highest BCUT2D eigenvalue weighted by atomic mass is 16.5. The van der Waals surface area contributed by atoms with Gasteiger partial charge in [0.15, 0.2) is 0 Å². The molecule has 1 aromatic heterocycles. The van der Waals surface area contributed by atoms with Crippen molar-refractivity contribution in [2.24, 2.45) is 0 Å². The molecule has 5 aliphatic heterocycles. The smallest absolute Gasteiger partial charge is 0.233 e. The first-order chi connectivity index (χ1) is 21.1. The molecule has 4 saturated heterocycles. The summed E-state index contributed by atoms with van der Waals surface area (Å²) in [6.07, 6.45) is 14.8. The third-order valence-corrected chi connectivity index (χ3v) is 10.1. The standard InChI is InChI=1S/C28H27N5O2.C7H13N/c1-3-17-5-4-6-18-11-21(34)12-25(26(17)18)32-10-9-22-24(16-32)23(13-29)28(35-2)31-27(22)33-14-19-7-8-20(15-33)30-19;1-3-7-4-2-6-8(7)5-1/h1,4-6,11-12,19-20,30,34H,7-10,14-16H2,2H3;7H,1-6H2. The van der Waals surface area contributed by atoms with E-state index in [9.17, 15) is 10.4 Å². The van der Waals surface area contributed by atoms with Crippen molar-refractivity contribution in [2.75, 3.05) is 49.6 Å². The number of fused-ring (bicyclic) bond motifs is 5. The number of benzene rings is 2. The summed E-state index contributed by atoms with van der Waals surface area (Å²) in [5, 5.41) is 26.1. The van der Waals surface area contributed by atoms with Gasteiger partial charge in [0.05, 0.1) is 7.11 Å². The molecule has 0 radical (unpaired) electrons. The van der Waals surface area contributed by atoms with E-state index in [1.165, 1.54) is 51.6 Å². The van der Waals surface area contributed by atoms with Gasteiger partial charge >= 0.3 is 0 Å². The van der Waals surface area contributed by atoms with Crippen LogP contribution in [0.5, 0.6) is 11.6 Å². The lowest BCUT2D eigenvalue weighted by molar-refractivity contribution is 0.325. The molecule has 222 valence electrons. The number of methoxy groups -OCH3 is 1. The Balaban J connectivity index is 0.000000322. The molecule has 4 fully saturated rings. The number of phenols is 1. The molecule has 43 heavy (non-hydrogen) atoms. The van der Waals surface area contributed by atoms with Crippen LogP contribution in [0.3, 0.4) is 0 Å². The molecule has 2 unspecified atom stereocenters. The second-order valence-corrected chi connectivity index (χ2v) is 12.6. The van der Waals surface area contributed by atoms with E-state index < -0.39 is 0 Å². The highest BCUT2D eigenvalue weighted by molar-refractivity contribution is 6.00. The first kappa shape index (κ1) is 27.8. The van der Waals surface area contributed by atoms with Gasteiger partial charge in [0.2, 0.25) is 5.88 Å². The second-order valence-electron chi connectivity index (χ2n) is 12.6. The summed E-state index contributed by atoms with van der Waals surface area (Å²) in [5.41, 5.74) is 4.21. The summed E-state index contributed by atoms with van der Waals surface area (Å²) in [7, 11) is 1.57. The number of nitrogens with zero attached hydrogens (tertiary/aromatic N) is 5. The number of anilines is 2. The van der Waals surface area contributed by atoms with Gasteiger partial charge in [-0.25, -0.2) is 0 Å². The number of phenolic OH excluding ortho intramolecular Hbond substituents is 1. The van der Waals surface area contributed by atoms with Crippen LogP contribution in [0.4, 0.5) is 11.5 Å². The number of aromatic nitrogens is 1. The average Bonchev–Trinajstić information content (AvgIpc) is 3.76. The maximum absolute atomic E-state index is 10.5. The van der Waals surface area contributed by atoms with Crippen molar-refractivity contribution in [1.29, 1.82) is 5.26 Å². The lowest BCUT2D eigenvalue weighted by Gasteiger charge is -2.38. The Morgan fingerprint density at radius 3 is 2.47 bits per heavy atom. The summed E-state index contributed by atoms with van der Waals surface area (Å²) in [6, 6.07) is 13.6. The van der Waals surface area contributed by atoms with Gasteiger partial charge in [-0.3, -0.25) is 0 Å². The minimum atomic E-state index is 0.192. The third kappa shape index (κ3) is 5.13. The van der Waals surface area contributed by atoms with Crippen molar-refractivity contribution in [1.82, 2.24) is 15.2 Å². The van der Waals surface area contributed by atoms with Crippen LogP contribution in [0.2, 0.25) is 0 Å². The van der Waals surface area contributed by atoms with E-state index in [1.807, 2.05) is 18.2 Å². The summed E-state index contributed by atoms with van der Waals surface area (Å²) < 4.78 is 5.61. The number of hydrogen-bond donors (Lipinski definition) is 2. The molecule has 2 N–H and O–H groups in total. The molecule has 0 spiro atoms. The normalized spacial score (nSPS) is 22.9. The zero-order valence-electron chi connectivity index (χ0n) is 25.0. The van der Waals surface area contributed by atoms with E-state index in [-0.39, 0.29) is 5.75 Å². The zero-order valence-corrected chi connectivity index (χ0v) is 25.0. The summed E-state index contributed by atoms with van der Waals surface area (Å²) in [6.45, 7) is 5.86. The Hall–Kier alpha value is -3.98. The monoisotopic (exact) mass is 576 g/mol. The number of piperazine rings is 1. The number of aromatic hydroxyl groups is 1. The summed E-state index contributed by atoms with van der Waals surface area (Å²) in [4.78, 5) is 12.1. The zero-order chi connectivity index (χ0) is 29.5. The van der Waals surface area contributed by atoms with Gasteiger partial charge in [-0.2, -0.15) is 10.2 Å². The van der Waals surface area contributed by atoms with Crippen LogP contribution in [-0.4, -0.2) is 72.9 Å². The fraction of sp³-hybridized carbons (Fsp3) is 0.486. The van der Waals surface area contributed by atoms with Crippen molar-refractivity contribution >= 4 is 22.3 Å². The molecule has 0 saturated carbocycles. The molecular weight excluding hydrogens is 536 g/mol. The maximum Gasteiger partial charge on any atom is 0.233 e.